The van der Waals surface area contributed by atoms with Gasteiger partial charge in [-0.15, -0.1) is 0 Å². The first-order valence-corrected chi connectivity index (χ1v) is 15.9. The molecule has 1 amide bonds. The number of halogens is 1. The molecule has 0 aliphatic heterocycles. The highest BCUT2D eigenvalue weighted by molar-refractivity contribution is 5.93. The molecule has 4 aromatic rings. The van der Waals surface area contributed by atoms with Gasteiger partial charge in [0.1, 0.15) is 12.7 Å². The van der Waals surface area contributed by atoms with Crippen LogP contribution in [0.3, 0.4) is 0 Å². The molecule has 0 unspecified atom stereocenters. The van der Waals surface area contributed by atoms with E-state index in [1.54, 1.807) is 12.1 Å². The highest BCUT2D eigenvalue weighted by Crippen LogP contribution is 2.21. The van der Waals surface area contributed by atoms with E-state index in [-0.39, 0.29) is 18.1 Å². The Morgan fingerprint density at radius 3 is 2.26 bits per heavy atom. The van der Waals surface area contributed by atoms with Crippen molar-refractivity contribution in [2.75, 3.05) is 11.9 Å². The summed E-state index contributed by atoms with van der Waals surface area (Å²) < 4.78 is 24.6. The summed E-state index contributed by atoms with van der Waals surface area (Å²) in [4.78, 5) is 12.9. The molecule has 0 spiro atoms. The number of carbonyl (C=O) groups is 1. The lowest BCUT2D eigenvalue weighted by molar-refractivity contribution is -0.686. The van der Waals surface area contributed by atoms with Gasteiger partial charge in [0, 0.05) is 11.3 Å². The molecule has 0 saturated heterocycles. The maximum absolute atomic E-state index is 14.7. The minimum absolute atomic E-state index is 0.0908. The molecule has 0 aliphatic rings. The number of amides is 1. The van der Waals surface area contributed by atoms with E-state index in [0.29, 0.717) is 18.7 Å². The quantitative estimate of drug-likeness (QED) is 0.0903. The standard InChI is InChI=1S/C36H46FN3O2/c1-2-3-4-5-6-7-8-9-10-11-12-17-24-42-35-22-21-30(25-33(35)37)26-36(41)38-34-20-14-13-18-31(34)27-39-28-32-19-15-16-23-40(32)29-39/h13-16,18-23,25,28-29H,2-12,17,24,26-27H2,1H3/p+1. The molecule has 2 heterocycles. The van der Waals surface area contributed by atoms with Gasteiger partial charge in [-0.05, 0) is 42.3 Å². The summed E-state index contributed by atoms with van der Waals surface area (Å²) in [5.41, 5.74) is 3.48. The van der Waals surface area contributed by atoms with Crippen LogP contribution in [0.25, 0.3) is 5.52 Å². The first-order valence-electron chi connectivity index (χ1n) is 15.9. The Hall–Kier alpha value is -3.67. The number of nitrogens with one attached hydrogen (secondary N) is 1. The molecule has 0 fully saturated rings. The van der Waals surface area contributed by atoms with E-state index in [2.05, 4.69) is 33.5 Å². The number of benzene rings is 2. The maximum Gasteiger partial charge on any atom is 0.249 e. The van der Waals surface area contributed by atoms with Crippen LogP contribution in [0.4, 0.5) is 10.1 Å². The molecule has 224 valence electrons. The third-order valence-electron chi connectivity index (χ3n) is 7.75. The lowest BCUT2D eigenvalue weighted by Crippen LogP contribution is -2.32. The summed E-state index contributed by atoms with van der Waals surface area (Å²) in [5.74, 6) is -0.347. The van der Waals surface area contributed by atoms with Gasteiger partial charge in [-0.25, -0.2) is 13.4 Å². The Kier molecular flexibility index (Phi) is 12.9. The minimum Gasteiger partial charge on any atom is -0.491 e. The molecule has 5 nitrogen and oxygen atoms in total. The molecular weight excluding hydrogens is 525 g/mol. The van der Waals surface area contributed by atoms with Gasteiger partial charge in [0.25, 0.3) is 0 Å². The molecule has 0 radical (unpaired) electrons. The molecule has 0 aliphatic carbocycles. The van der Waals surface area contributed by atoms with E-state index in [9.17, 15) is 9.18 Å². The van der Waals surface area contributed by atoms with Crippen LogP contribution in [0.5, 0.6) is 5.75 Å². The molecule has 2 aromatic heterocycles. The number of pyridine rings is 1. The van der Waals surface area contributed by atoms with Crippen LogP contribution in [0, 0.1) is 5.82 Å². The van der Waals surface area contributed by atoms with Gasteiger partial charge in [0.15, 0.2) is 17.1 Å². The van der Waals surface area contributed by atoms with E-state index in [0.717, 1.165) is 29.6 Å². The third-order valence-corrected chi connectivity index (χ3v) is 7.75. The molecule has 0 saturated carbocycles. The van der Waals surface area contributed by atoms with Crippen LogP contribution in [0.2, 0.25) is 0 Å². The summed E-state index contributed by atoms with van der Waals surface area (Å²) in [7, 11) is 0. The number of unbranched alkanes of at least 4 members (excludes halogenated alkanes) is 11. The lowest BCUT2D eigenvalue weighted by atomic mass is 10.1. The second-order valence-corrected chi connectivity index (χ2v) is 11.3. The number of carbonyl (C=O) groups excluding carboxylic acids is 1. The van der Waals surface area contributed by atoms with E-state index < -0.39 is 5.82 Å². The van der Waals surface area contributed by atoms with Crippen molar-refractivity contribution in [2.24, 2.45) is 0 Å². The Labute approximate surface area is 250 Å². The van der Waals surface area contributed by atoms with E-state index in [4.69, 9.17) is 4.74 Å². The van der Waals surface area contributed by atoms with Crippen molar-refractivity contribution >= 4 is 17.1 Å². The van der Waals surface area contributed by atoms with E-state index in [1.165, 1.54) is 70.3 Å². The van der Waals surface area contributed by atoms with Crippen LogP contribution in [0.1, 0.15) is 95.1 Å². The van der Waals surface area contributed by atoms with Crippen molar-refractivity contribution in [1.29, 1.82) is 0 Å². The fraction of sp³-hybridized carbons (Fsp3) is 0.444. The largest absolute Gasteiger partial charge is 0.491 e. The summed E-state index contributed by atoms with van der Waals surface area (Å²) >= 11 is 0. The number of imidazole rings is 1. The third kappa shape index (κ3) is 10.3. The fourth-order valence-electron chi connectivity index (χ4n) is 5.39. The molecule has 0 bridgehead atoms. The number of anilines is 1. The van der Waals surface area contributed by atoms with Gasteiger partial charge < -0.3 is 10.1 Å². The van der Waals surface area contributed by atoms with Crippen molar-refractivity contribution in [3.63, 3.8) is 0 Å². The number of fused-ring (bicyclic) bond motifs is 1. The number of hydrogen-bond donors (Lipinski definition) is 1. The summed E-state index contributed by atoms with van der Waals surface area (Å²) in [6.45, 7) is 3.40. The van der Waals surface area contributed by atoms with Gasteiger partial charge in [0.05, 0.1) is 19.2 Å². The van der Waals surface area contributed by atoms with Crippen molar-refractivity contribution in [3.8, 4) is 5.75 Å². The molecule has 0 atom stereocenters. The van der Waals surface area contributed by atoms with E-state index >= 15 is 0 Å². The number of hydrogen-bond acceptors (Lipinski definition) is 2. The van der Waals surface area contributed by atoms with Crippen LogP contribution >= 0.6 is 0 Å². The summed E-state index contributed by atoms with van der Waals surface area (Å²) in [6.07, 6.45) is 21.6. The zero-order valence-electron chi connectivity index (χ0n) is 25.2. The zero-order valence-corrected chi connectivity index (χ0v) is 25.2. The van der Waals surface area contributed by atoms with Gasteiger partial charge in [-0.1, -0.05) is 108 Å². The molecule has 1 N–H and O–H groups in total. The van der Waals surface area contributed by atoms with Crippen LogP contribution < -0.4 is 14.6 Å². The Bertz CT molecular complexity index is 1350. The summed E-state index contributed by atoms with van der Waals surface area (Å²) in [6, 6.07) is 18.7. The normalized spacial score (nSPS) is 11.2. The van der Waals surface area contributed by atoms with Gasteiger partial charge in [-0.2, -0.15) is 0 Å². The topological polar surface area (TPSA) is 46.6 Å². The average molecular weight is 573 g/mol. The van der Waals surface area contributed by atoms with Crippen molar-refractivity contribution < 1.29 is 18.5 Å². The second kappa shape index (κ2) is 17.3. The van der Waals surface area contributed by atoms with Gasteiger partial charge in [-0.3, -0.25) is 4.79 Å². The number of para-hydroxylation sites is 1. The second-order valence-electron chi connectivity index (χ2n) is 11.3. The number of rotatable bonds is 19. The van der Waals surface area contributed by atoms with Crippen LogP contribution in [0.15, 0.2) is 79.4 Å². The minimum atomic E-state index is -0.420. The molecule has 4 rings (SSSR count). The molecule has 6 heteroatoms. The number of ether oxygens (including phenoxy) is 1. The smallest absolute Gasteiger partial charge is 0.249 e. The SMILES string of the molecule is CCCCCCCCCCCCCCOc1ccc(CC(=O)Nc2ccccc2C[n+]2cc3ccccn3c2)cc1F. The number of aromatic nitrogens is 2. The van der Waals surface area contributed by atoms with Crippen LogP contribution in [-0.4, -0.2) is 16.9 Å². The van der Waals surface area contributed by atoms with Crippen molar-refractivity contribution in [2.45, 2.75) is 96.9 Å². The van der Waals surface area contributed by atoms with E-state index in [1.807, 2.05) is 48.9 Å². The molecule has 42 heavy (non-hydrogen) atoms. The Balaban J connectivity index is 1.15. The van der Waals surface area contributed by atoms with Gasteiger partial charge in [0.2, 0.25) is 12.2 Å². The molecular formula is C36H47FN3O2+. The summed E-state index contributed by atoms with van der Waals surface area (Å²) in [5, 5.41) is 3.01. The predicted molar refractivity (Wildman–Crippen MR) is 168 cm³/mol. The highest BCUT2D eigenvalue weighted by Gasteiger charge is 2.13. The highest BCUT2D eigenvalue weighted by atomic mass is 19.1. The lowest BCUT2D eigenvalue weighted by Gasteiger charge is -2.11. The van der Waals surface area contributed by atoms with Crippen molar-refractivity contribution in [1.82, 2.24) is 4.40 Å². The monoisotopic (exact) mass is 572 g/mol. The average Bonchev–Trinajstić information content (AvgIpc) is 3.40. The van der Waals surface area contributed by atoms with Crippen molar-refractivity contribution in [3.05, 3.63) is 96.3 Å². The first-order chi connectivity index (χ1) is 20.6. The predicted octanol–water partition coefficient (Wildman–Crippen LogP) is 8.68. The maximum atomic E-state index is 14.7. The number of nitrogens with zero attached hydrogens (tertiary/aromatic N) is 2. The van der Waals surface area contributed by atoms with Gasteiger partial charge >= 0.3 is 0 Å². The molecule has 2 aromatic carbocycles. The Morgan fingerprint density at radius 2 is 1.55 bits per heavy atom. The zero-order chi connectivity index (χ0) is 29.4. The Morgan fingerprint density at radius 1 is 0.857 bits per heavy atom. The first kappa shape index (κ1) is 31.3. The van der Waals surface area contributed by atoms with Crippen LogP contribution in [-0.2, 0) is 17.8 Å². The fourth-order valence-corrected chi connectivity index (χ4v) is 5.39.